The molecule has 3 nitrogen and oxygen atoms in total. The van der Waals surface area contributed by atoms with Crippen LogP contribution < -0.4 is 0 Å². The number of benzene rings is 1. The molecule has 2 rings (SSSR count). The SMILES string of the molecule is CC1=C(OCC(C)C)CC(Cc2cccc(CCO)c2)C1=O. The van der Waals surface area contributed by atoms with Gasteiger partial charge in [0, 0.05) is 24.5 Å². The van der Waals surface area contributed by atoms with Gasteiger partial charge in [-0.05, 0) is 36.8 Å². The maximum Gasteiger partial charge on any atom is 0.165 e. The zero-order valence-electron chi connectivity index (χ0n) is 13.8. The standard InChI is InChI=1S/C19H26O3/c1-13(2)12-22-18-11-17(19(21)14(18)3)10-16-6-4-5-15(9-16)7-8-20/h4-6,9,13,17,20H,7-8,10-12H2,1-3H3. The summed E-state index contributed by atoms with van der Waals surface area (Å²) in [5, 5.41) is 9.03. The van der Waals surface area contributed by atoms with Gasteiger partial charge in [-0.1, -0.05) is 38.1 Å². The van der Waals surface area contributed by atoms with Gasteiger partial charge in [-0.15, -0.1) is 0 Å². The van der Waals surface area contributed by atoms with Crippen LogP contribution in [0, 0.1) is 11.8 Å². The third-order valence-corrected chi connectivity index (χ3v) is 4.06. The summed E-state index contributed by atoms with van der Waals surface area (Å²) in [5.74, 6) is 1.54. The number of ether oxygens (including phenoxy) is 1. The predicted octanol–water partition coefficient (Wildman–Crippen LogP) is 3.30. The summed E-state index contributed by atoms with van der Waals surface area (Å²) in [6, 6.07) is 8.15. The first-order valence-electron chi connectivity index (χ1n) is 8.06. The van der Waals surface area contributed by atoms with E-state index in [-0.39, 0.29) is 18.3 Å². The molecule has 1 aliphatic rings. The van der Waals surface area contributed by atoms with Gasteiger partial charge < -0.3 is 9.84 Å². The highest BCUT2D eigenvalue weighted by Crippen LogP contribution is 2.31. The Kier molecular flexibility index (Phi) is 5.78. The van der Waals surface area contributed by atoms with Crippen LogP contribution in [0.1, 0.15) is 38.3 Å². The van der Waals surface area contributed by atoms with Crippen molar-refractivity contribution in [3.8, 4) is 0 Å². The fourth-order valence-corrected chi connectivity index (χ4v) is 2.84. The number of ketones is 1. The Labute approximate surface area is 133 Å². The minimum atomic E-state index is -0.00783. The molecule has 3 heteroatoms. The number of Topliss-reactive ketones (excluding diaryl/α,β-unsaturated/α-hetero) is 1. The van der Waals surface area contributed by atoms with Crippen molar-refractivity contribution in [2.75, 3.05) is 13.2 Å². The average Bonchev–Trinajstić information content (AvgIpc) is 2.74. The number of hydrogen-bond acceptors (Lipinski definition) is 3. The summed E-state index contributed by atoms with van der Waals surface area (Å²) in [7, 11) is 0. The molecule has 0 radical (unpaired) electrons. The lowest BCUT2D eigenvalue weighted by atomic mass is 9.94. The first kappa shape index (κ1) is 16.8. The number of hydrogen-bond donors (Lipinski definition) is 1. The van der Waals surface area contributed by atoms with Crippen molar-refractivity contribution in [3.05, 3.63) is 46.7 Å². The lowest BCUT2D eigenvalue weighted by Crippen LogP contribution is -2.12. The van der Waals surface area contributed by atoms with Crippen LogP contribution in [0.4, 0.5) is 0 Å². The van der Waals surface area contributed by atoms with Gasteiger partial charge in [-0.3, -0.25) is 4.79 Å². The van der Waals surface area contributed by atoms with Gasteiger partial charge in [0.05, 0.1) is 6.61 Å². The van der Waals surface area contributed by atoms with Crippen molar-refractivity contribution >= 4 is 5.78 Å². The van der Waals surface area contributed by atoms with Gasteiger partial charge in [-0.2, -0.15) is 0 Å². The molecule has 0 spiro atoms. The van der Waals surface area contributed by atoms with Gasteiger partial charge in [0.2, 0.25) is 0 Å². The van der Waals surface area contributed by atoms with E-state index in [9.17, 15) is 4.79 Å². The average molecular weight is 302 g/mol. The zero-order chi connectivity index (χ0) is 16.1. The molecule has 0 fully saturated rings. The van der Waals surface area contributed by atoms with Crippen LogP contribution in [-0.4, -0.2) is 24.1 Å². The van der Waals surface area contributed by atoms with Crippen LogP contribution in [0.25, 0.3) is 0 Å². The van der Waals surface area contributed by atoms with Crippen LogP contribution in [0.2, 0.25) is 0 Å². The van der Waals surface area contributed by atoms with Crippen LogP contribution in [0.15, 0.2) is 35.6 Å². The molecular formula is C19H26O3. The fraction of sp³-hybridized carbons (Fsp3) is 0.526. The van der Waals surface area contributed by atoms with Gasteiger partial charge in [0.15, 0.2) is 5.78 Å². The quantitative estimate of drug-likeness (QED) is 0.840. The molecule has 1 N–H and O–H groups in total. The number of rotatable bonds is 7. The third-order valence-electron chi connectivity index (χ3n) is 4.06. The molecule has 0 saturated carbocycles. The topological polar surface area (TPSA) is 46.5 Å². The molecule has 0 amide bonds. The summed E-state index contributed by atoms with van der Waals surface area (Å²) >= 11 is 0. The fourth-order valence-electron chi connectivity index (χ4n) is 2.84. The first-order valence-corrected chi connectivity index (χ1v) is 8.06. The van der Waals surface area contributed by atoms with Crippen molar-refractivity contribution in [2.45, 2.75) is 40.0 Å². The Morgan fingerprint density at radius 3 is 2.73 bits per heavy atom. The summed E-state index contributed by atoms with van der Waals surface area (Å²) < 4.78 is 5.80. The van der Waals surface area contributed by atoms with Crippen LogP contribution in [0.5, 0.6) is 0 Å². The van der Waals surface area contributed by atoms with E-state index in [2.05, 4.69) is 26.0 Å². The van der Waals surface area contributed by atoms with Crippen LogP contribution in [-0.2, 0) is 22.4 Å². The second-order valence-corrected chi connectivity index (χ2v) is 6.52. The van der Waals surface area contributed by atoms with Crippen molar-refractivity contribution in [2.24, 2.45) is 11.8 Å². The van der Waals surface area contributed by atoms with E-state index in [4.69, 9.17) is 9.84 Å². The molecule has 1 unspecified atom stereocenters. The summed E-state index contributed by atoms with van der Waals surface area (Å²) in [6.45, 7) is 6.91. The number of carbonyl (C=O) groups is 1. The number of aliphatic hydroxyl groups is 1. The van der Waals surface area contributed by atoms with Crippen LogP contribution >= 0.6 is 0 Å². The minimum Gasteiger partial charge on any atom is -0.497 e. The molecule has 0 aliphatic heterocycles. The highest BCUT2D eigenvalue weighted by molar-refractivity contribution is 5.99. The van der Waals surface area contributed by atoms with E-state index < -0.39 is 0 Å². The smallest absolute Gasteiger partial charge is 0.165 e. The highest BCUT2D eigenvalue weighted by Gasteiger charge is 2.31. The number of carbonyl (C=O) groups excluding carboxylic acids is 1. The zero-order valence-corrected chi connectivity index (χ0v) is 13.8. The summed E-state index contributed by atoms with van der Waals surface area (Å²) in [4.78, 5) is 12.4. The molecule has 0 bridgehead atoms. The van der Waals surface area contributed by atoms with Gasteiger partial charge in [0.1, 0.15) is 5.76 Å². The molecule has 22 heavy (non-hydrogen) atoms. The second-order valence-electron chi connectivity index (χ2n) is 6.52. The van der Waals surface area contributed by atoms with E-state index in [1.54, 1.807) is 0 Å². The van der Waals surface area contributed by atoms with Crippen molar-refractivity contribution in [1.29, 1.82) is 0 Å². The Hall–Kier alpha value is -1.61. The molecule has 0 saturated heterocycles. The maximum absolute atomic E-state index is 12.4. The van der Waals surface area contributed by atoms with Gasteiger partial charge in [0.25, 0.3) is 0 Å². The van der Waals surface area contributed by atoms with E-state index in [1.807, 2.05) is 19.1 Å². The molecule has 0 aromatic heterocycles. The van der Waals surface area contributed by atoms with E-state index in [1.165, 1.54) is 0 Å². The lowest BCUT2D eigenvalue weighted by Gasteiger charge is -2.12. The Morgan fingerprint density at radius 1 is 1.32 bits per heavy atom. The number of aliphatic hydroxyl groups excluding tert-OH is 1. The Balaban J connectivity index is 2.00. The largest absolute Gasteiger partial charge is 0.497 e. The first-order chi connectivity index (χ1) is 10.5. The molecule has 0 heterocycles. The molecule has 1 aromatic carbocycles. The molecule has 1 atom stereocenters. The van der Waals surface area contributed by atoms with E-state index in [0.717, 1.165) is 28.9 Å². The Bertz CT molecular complexity index is 558. The Morgan fingerprint density at radius 2 is 2.05 bits per heavy atom. The monoisotopic (exact) mass is 302 g/mol. The molecular weight excluding hydrogens is 276 g/mol. The highest BCUT2D eigenvalue weighted by atomic mass is 16.5. The normalized spacial score (nSPS) is 18.4. The van der Waals surface area contributed by atoms with Crippen molar-refractivity contribution < 1.29 is 14.6 Å². The minimum absolute atomic E-state index is 0.00783. The number of allylic oxidation sites excluding steroid dienone is 2. The van der Waals surface area contributed by atoms with E-state index >= 15 is 0 Å². The van der Waals surface area contributed by atoms with Gasteiger partial charge >= 0.3 is 0 Å². The molecule has 1 aliphatic carbocycles. The maximum atomic E-state index is 12.4. The second kappa shape index (κ2) is 7.59. The predicted molar refractivity (Wildman–Crippen MR) is 87.5 cm³/mol. The molecule has 1 aromatic rings. The molecule has 120 valence electrons. The third kappa shape index (κ3) is 4.20. The van der Waals surface area contributed by atoms with Crippen molar-refractivity contribution in [1.82, 2.24) is 0 Å². The summed E-state index contributed by atoms with van der Waals surface area (Å²) in [5.41, 5.74) is 3.06. The summed E-state index contributed by atoms with van der Waals surface area (Å²) in [6.07, 6.45) is 2.11. The van der Waals surface area contributed by atoms with Crippen LogP contribution in [0.3, 0.4) is 0 Å². The lowest BCUT2D eigenvalue weighted by molar-refractivity contribution is -0.118. The van der Waals surface area contributed by atoms with Gasteiger partial charge in [-0.25, -0.2) is 0 Å². The van der Waals surface area contributed by atoms with Crippen molar-refractivity contribution in [3.63, 3.8) is 0 Å². The van der Waals surface area contributed by atoms with E-state index in [0.29, 0.717) is 25.4 Å².